The number of thioether (sulfide) groups is 1. The molecule has 2 rings (SSSR count). The van der Waals surface area contributed by atoms with E-state index in [0.29, 0.717) is 17.5 Å². The highest BCUT2D eigenvalue weighted by Crippen LogP contribution is 2.27. The third-order valence-electron chi connectivity index (χ3n) is 3.24. The van der Waals surface area contributed by atoms with Crippen LogP contribution < -0.4 is 5.32 Å². The van der Waals surface area contributed by atoms with Gasteiger partial charge in [-0.05, 0) is 24.7 Å². The molecule has 0 amide bonds. The van der Waals surface area contributed by atoms with Crippen LogP contribution >= 0.6 is 11.8 Å². The maximum atomic E-state index is 11.1. The second kappa shape index (κ2) is 6.60. The van der Waals surface area contributed by atoms with Gasteiger partial charge in [-0.2, -0.15) is 11.8 Å². The number of nitrogens with zero attached hydrogens (tertiary/aromatic N) is 1. The molecule has 7 heteroatoms. The van der Waals surface area contributed by atoms with Crippen LogP contribution in [-0.4, -0.2) is 33.5 Å². The molecule has 1 heterocycles. The number of carboxylic acids is 1. The number of non-ortho nitro benzene ring substituents is 1. The molecule has 6 nitrogen and oxygen atoms in total. The Bertz CT molecular complexity index is 515. The fourth-order valence-electron chi connectivity index (χ4n) is 2.17. The van der Waals surface area contributed by atoms with Crippen LogP contribution in [0, 0.1) is 10.1 Å². The fraction of sp³-hybridized carbons (Fsp3) is 0.462. The molecule has 1 aromatic carbocycles. The maximum absolute atomic E-state index is 11.1. The van der Waals surface area contributed by atoms with Gasteiger partial charge in [0.05, 0.1) is 16.2 Å². The van der Waals surface area contributed by atoms with Crippen LogP contribution in [0.4, 0.5) is 11.4 Å². The lowest BCUT2D eigenvalue weighted by atomic mass is 10.1. The lowest BCUT2D eigenvalue weighted by Crippen LogP contribution is -2.21. The summed E-state index contributed by atoms with van der Waals surface area (Å²) in [7, 11) is 0. The summed E-state index contributed by atoms with van der Waals surface area (Å²) in [5.74, 6) is 0.0336. The number of aromatic carboxylic acids is 1. The minimum atomic E-state index is -1.08. The van der Waals surface area contributed by atoms with E-state index in [1.54, 1.807) is 0 Å². The first kappa shape index (κ1) is 14.6. The molecule has 108 valence electrons. The summed E-state index contributed by atoms with van der Waals surface area (Å²) in [5, 5.41) is 23.4. The quantitative estimate of drug-likeness (QED) is 0.641. The molecule has 2 N–H and O–H groups in total. The van der Waals surface area contributed by atoms with Crippen LogP contribution in [0.2, 0.25) is 0 Å². The summed E-state index contributed by atoms with van der Waals surface area (Å²) in [5.41, 5.74) is 0.281. The van der Waals surface area contributed by atoms with Gasteiger partial charge in [-0.15, -0.1) is 0 Å². The predicted octanol–water partition coefficient (Wildman–Crippen LogP) is 2.99. The Morgan fingerprint density at radius 2 is 2.30 bits per heavy atom. The number of anilines is 1. The Kier molecular flexibility index (Phi) is 4.84. The van der Waals surface area contributed by atoms with E-state index >= 15 is 0 Å². The number of carboxylic acid groups (broad SMARTS) is 1. The van der Waals surface area contributed by atoms with Gasteiger partial charge in [0.15, 0.2) is 0 Å². The smallest absolute Gasteiger partial charge is 0.337 e. The largest absolute Gasteiger partial charge is 0.478 e. The molecule has 0 bridgehead atoms. The highest BCUT2D eigenvalue weighted by atomic mass is 32.2. The zero-order valence-electron chi connectivity index (χ0n) is 10.9. The molecule has 0 saturated carbocycles. The minimum Gasteiger partial charge on any atom is -0.478 e. The standard InChI is InChI=1S/C13H16N2O4S/c16-13(17)11-5-4-9(15(18)19)7-12(11)14-8-10-3-1-2-6-20-10/h4-5,7,10,14H,1-3,6,8H2,(H,16,17). The maximum Gasteiger partial charge on any atom is 0.337 e. The number of hydrogen-bond donors (Lipinski definition) is 2. The first-order chi connectivity index (χ1) is 9.58. The Hall–Kier alpha value is -1.76. The first-order valence-electron chi connectivity index (χ1n) is 6.45. The van der Waals surface area contributed by atoms with Crippen molar-refractivity contribution in [2.24, 2.45) is 0 Å². The van der Waals surface area contributed by atoms with Crippen molar-refractivity contribution >= 4 is 29.1 Å². The van der Waals surface area contributed by atoms with Crippen LogP contribution in [0.3, 0.4) is 0 Å². The molecule has 0 spiro atoms. The van der Waals surface area contributed by atoms with Gasteiger partial charge in [0.1, 0.15) is 0 Å². The van der Waals surface area contributed by atoms with Gasteiger partial charge >= 0.3 is 5.97 Å². The Balaban J connectivity index is 2.12. The van der Waals surface area contributed by atoms with E-state index in [9.17, 15) is 14.9 Å². The van der Waals surface area contributed by atoms with Crippen molar-refractivity contribution < 1.29 is 14.8 Å². The van der Waals surface area contributed by atoms with Gasteiger partial charge in [0, 0.05) is 23.9 Å². The summed E-state index contributed by atoms with van der Waals surface area (Å²) >= 11 is 1.86. The highest BCUT2D eigenvalue weighted by molar-refractivity contribution is 7.99. The topological polar surface area (TPSA) is 92.5 Å². The number of hydrogen-bond acceptors (Lipinski definition) is 5. The summed E-state index contributed by atoms with van der Waals surface area (Å²) in [6, 6.07) is 3.78. The molecule has 1 aromatic rings. The number of rotatable bonds is 5. The van der Waals surface area contributed by atoms with Crippen LogP contribution in [0.5, 0.6) is 0 Å². The van der Waals surface area contributed by atoms with Crippen molar-refractivity contribution in [3.8, 4) is 0 Å². The van der Waals surface area contributed by atoms with Gasteiger partial charge in [0.25, 0.3) is 5.69 Å². The number of carbonyl (C=O) groups is 1. The van der Waals surface area contributed by atoms with E-state index in [1.165, 1.54) is 31.0 Å². The van der Waals surface area contributed by atoms with Crippen molar-refractivity contribution in [1.29, 1.82) is 0 Å². The summed E-state index contributed by atoms with van der Waals surface area (Å²) in [4.78, 5) is 21.4. The third-order valence-corrected chi connectivity index (χ3v) is 4.64. The lowest BCUT2D eigenvalue weighted by molar-refractivity contribution is -0.384. The van der Waals surface area contributed by atoms with E-state index in [2.05, 4.69) is 5.32 Å². The predicted molar refractivity (Wildman–Crippen MR) is 78.6 cm³/mol. The summed E-state index contributed by atoms with van der Waals surface area (Å²) < 4.78 is 0. The third kappa shape index (κ3) is 3.63. The van der Waals surface area contributed by atoms with Crippen molar-refractivity contribution in [3.05, 3.63) is 33.9 Å². The zero-order valence-corrected chi connectivity index (χ0v) is 11.7. The van der Waals surface area contributed by atoms with E-state index in [4.69, 9.17) is 5.11 Å². The summed E-state index contributed by atoms with van der Waals surface area (Å²) in [6.45, 7) is 0.631. The molecule has 1 aliphatic heterocycles. The highest BCUT2D eigenvalue weighted by Gasteiger charge is 2.18. The molecule has 1 atom stereocenters. The van der Waals surface area contributed by atoms with E-state index < -0.39 is 10.9 Å². The van der Waals surface area contributed by atoms with Crippen molar-refractivity contribution in [1.82, 2.24) is 0 Å². The van der Waals surface area contributed by atoms with Gasteiger partial charge in [-0.25, -0.2) is 4.79 Å². The van der Waals surface area contributed by atoms with Gasteiger partial charge < -0.3 is 10.4 Å². The van der Waals surface area contributed by atoms with Crippen molar-refractivity contribution in [2.75, 3.05) is 17.6 Å². The zero-order chi connectivity index (χ0) is 14.5. The fourth-order valence-corrected chi connectivity index (χ4v) is 3.41. The Morgan fingerprint density at radius 1 is 1.50 bits per heavy atom. The molecule has 1 unspecified atom stereocenters. The van der Waals surface area contributed by atoms with E-state index in [-0.39, 0.29) is 11.3 Å². The lowest BCUT2D eigenvalue weighted by Gasteiger charge is -2.22. The molecule has 1 aliphatic rings. The molecular weight excluding hydrogens is 280 g/mol. The van der Waals surface area contributed by atoms with E-state index in [1.807, 2.05) is 11.8 Å². The molecule has 0 radical (unpaired) electrons. The van der Waals surface area contributed by atoms with Crippen LogP contribution in [0.1, 0.15) is 29.6 Å². The second-order valence-corrected chi connectivity index (χ2v) is 6.07. The van der Waals surface area contributed by atoms with Crippen molar-refractivity contribution in [3.63, 3.8) is 0 Å². The Morgan fingerprint density at radius 3 is 2.90 bits per heavy atom. The molecule has 0 aliphatic carbocycles. The SMILES string of the molecule is O=C(O)c1ccc([N+](=O)[O-])cc1NCC1CCCCS1. The number of nitro groups is 1. The van der Waals surface area contributed by atoms with Gasteiger partial charge in [0.2, 0.25) is 0 Å². The molecule has 1 saturated heterocycles. The van der Waals surface area contributed by atoms with Crippen molar-refractivity contribution in [2.45, 2.75) is 24.5 Å². The summed E-state index contributed by atoms with van der Waals surface area (Å²) in [6.07, 6.45) is 3.49. The number of nitro benzene ring substituents is 1. The molecule has 20 heavy (non-hydrogen) atoms. The van der Waals surface area contributed by atoms with E-state index in [0.717, 1.165) is 12.2 Å². The number of nitrogens with one attached hydrogen (secondary N) is 1. The van der Waals surface area contributed by atoms with Gasteiger partial charge in [-0.3, -0.25) is 10.1 Å². The normalized spacial score (nSPS) is 18.5. The second-order valence-electron chi connectivity index (χ2n) is 4.66. The number of benzene rings is 1. The average molecular weight is 296 g/mol. The first-order valence-corrected chi connectivity index (χ1v) is 7.50. The van der Waals surface area contributed by atoms with Crippen LogP contribution in [-0.2, 0) is 0 Å². The molecule has 1 fully saturated rings. The van der Waals surface area contributed by atoms with Gasteiger partial charge in [-0.1, -0.05) is 6.42 Å². The minimum absolute atomic E-state index is 0.0661. The molecular formula is C13H16N2O4S. The molecule has 0 aromatic heterocycles. The monoisotopic (exact) mass is 296 g/mol. The Labute approximate surface area is 120 Å². The van der Waals surface area contributed by atoms with Crippen LogP contribution in [0.25, 0.3) is 0 Å². The van der Waals surface area contributed by atoms with Crippen LogP contribution in [0.15, 0.2) is 18.2 Å². The average Bonchev–Trinajstić information content (AvgIpc) is 2.45.